The van der Waals surface area contributed by atoms with Crippen LogP contribution in [0.5, 0.6) is 11.5 Å². The Balaban J connectivity index is 0.00000648. The first-order chi connectivity index (χ1) is 17.1. The fourth-order valence-electron chi connectivity index (χ4n) is 4.98. The molecule has 0 aliphatic carbocycles. The van der Waals surface area contributed by atoms with Gasteiger partial charge in [-0.1, -0.05) is 151 Å². The van der Waals surface area contributed by atoms with Gasteiger partial charge in [-0.2, -0.15) is 0 Å². The molecule has 0 amide bonds. The molecule has 0 bridgehead atoms. The van der Waals surface area contributed by atoms with Gasteiger partial charge in [-0.15, -0.1) is 11.5 Å². The van der Waals surface area contributed by atoms with Crippen LogP contribution in [-0.2, 0) is 19.3 Å². The van der Waals surface area contributed by atoms with E-state index in [4.69, 9.17) is 0 Å². The molecule has 0 N–H and O–H groups in total. The van der Waals surface area contributed by atoms with E-state index in [1.807, 2.05) is 24.3 Å². The smallest absolute Gasteiger partial charge is 0.872 e. The molecule has 0 heterocycles. The average molecular weight is 519 g/mol. The Bertz CT molecular complexity index is 750. The fraction of sp³-hybridized carbons (Fsp3) is 0.636. The van der Waals surface area contributed by atoms with Crippen LogP contribution < -0.4 is 10.2 Å². The molecule has 0 fully saturated rings. The van der Waals surface area contributed by atoms with Crippen LogP contribution in [0.15, 0.2) is 36.4 Å². The summed E-state index contributed by atoms with van der Waals surface area (Å²) >= 11 is 0. The van der Waals surface area contributed by atoms with Crippen molar-refractivity contribution < 1.29 is 10.2 Å². The molecule has 2 aromatic rings. The zero-order valence-corrected chi connectivity index (χ0v) is 25.6. The minimum atomic E-state index is 0. The Morgan fingerprint density at radius 1 is 0.472 bits per heavy atom. The van der Waals surface area contributed by atoms with E-state index in [0.717, 1.165) is 24.0 Å². The van der Waals surface area contributed by atoms with E-state index in [-0.39, 0.29) is 49.2 Å². The van der Waals surface area contributed by atoms with E-state index in [2.05, 4.69) is 13.8 Å². The number of rotatable bonds is 20. The van der Waals surface area contributed by atoms with Crippen LogP contribution in [0.2, 0.25) is 0 Å². The predicted octanol–water partition coefficient (Wildman–Crippen LogP) is 8.41. The second kappa shape index (κ2) is 21.3. The van der Waals surface area contributed by atoms with Crippen LogP contribution in [-0.4, -0.2) is 37.7 Å². The standard InChI is InChI=1S/C33H52O2.Ca/c1-3-5-7-9-11-13-15-17-19-28-21-23-32(34)30(25-28)27-31-26-29(22-24-33(31)35)20-18-16-14-12-10-8-6-4-2;/h21-26,34-35H,3-20,27H2,1-2H3;/q;+2/p-2. The minimum absolute atomic E-state index is 0. The molecule has 0 unspecified atom stereocenters. The van der Waals surface area contributed by atoms with E-state index in [0.29, 0.717) is 6.42 Å². The summed E-state index contributed by atoms with van der Waals surface area (Å²) in [6.07, 6.45) is 23.4. The molecule has 0 aromatic heterocycles. The molecule has 0 aliphatic rings. The topological polar surface area (TPSA) is 46.1 Å². The van der Waals surface area contributed by atoms with Crippen LogP contribution in [0.1, 0.15) is 139 Å². The molecule has 2 nitrogen and oxygen atoms in total. The van der Waals surface area contributed by atoms with E-state index in [9.17, 15) is 10.2 Å². The molecule has 2 aromatic carbocycles. The normalized spacial score (nSPS) is 10.9. The molecule has 0 atom stereocenters. The summed E-state index contributed by atoms with van der Waals surface area (Å²) in [5, 5.41) is 25.0. The van der Waals surface area contributed by atoms with E-state index in [1.165, 1.54) is 114 Å². The molecule has 2 rings (SSSR count). The van der Waals surface area contributed by atoms with Crippen molar-refractivity contribution in [3.63, 3.8) is 0 Å². The van der Waals surface area contributed by atoms with E-state index in [1.54, 1.807) is 12.1 Å². The summed E-state index contributed by atoms with van der Waals surface area (Å²) in [5.41, 5.74) is 3.99. The molecule has 3 heteroatoms. The number of hydrogen-bond donors (Lipinski definition) is 0. The van der Waals surface area contributed by atoms with Crippen LogP contribution in [0.25, 0.3) is 0 Å². The van der Waals surface area contributed by atoms with Crippen LogP contribution in [0.4, 0.5) is 0 Å². The monoisotopic (exact) mass is 518 g/mol. The molecule has 36 heavy (non-hydrogen) atoms. The molecule has 0 aliphatic heterocycles. The summed E-state index contributed by atoms with van der Waals surface area (Å²) in [4.78, 5) is 0. The maximum absolute atomic E-state index is 12.5. The van der Waals surface area contributed by atoms with Gasteiger partial charge in [0.25, 0.3) is 0 Å². The number of aryl methyl sites for hydroxylation is 2. The maximum atomic E-state index is 12.5. The third-order valence-corrected chi connectivity index (χ3v) is 7.27. The predicted molar refractivity (Wildman–Crippen MR) is 153 cm³/mol. The van der Waals surface area contributed by atoms with Crippen molar-refractivity contribution >= 4 is 37.7 Å². The first-order valence-corrected chi connectivity index (χ1v) is 14.7. The summed E-state index contributed by atoms with van der Waals surface area (Å²) in [6, 6.07) is 11.4. The van der Waals surface area contributed by atoms with Gasteiger partial charge in [0, 0.05) is 0 Å². The van der Waals surface area contributed by atoms with Crippen LogP contribution >= 0.6 is 0 Å². The first kappa shape index (κ1) is 33.3. The quantitative estimate of drug-likeness (QED) is 0.130. The summed E-state index contributed by atoms with van der Waals surface area (Å²) in [7, 11) is 0. The van der Waals surface area contributed by atoms with Gasteiger partial charge in [0.05, 0.1) is 0 Å². The fourth-order valence-corrected chi connectivity index (χ4v) is 4.98. The van der Waals surface area contributed by atoms with Crippen molar-refractivity contribution in [1.29, 1.82) is 0 Å². The molecule has 0 radical (unpaired) electrons. The molecule has 0 saturated carbocycles. The van der Waals surface area contributed by atoms with Crippen molar-refractivity contribution in [3.8, 4) is 11.5 Å². The molecule has 0 saturated heterocycles. The Morgan fingerprint density at radius 2 is 0.806 bits per heavy atom. The Hall–Kier alpha value is -0.700. The van der Waals surface area contributed by atoms with Crippen LogP contribution in [0.3, 0.4) is 0 Å². The maximum Gasteiger partial charge on any atom is 2.00 e. The van der Waals surface area contributed by atoms with Crippen molar-refractivity contribution in [2.75, 3.05) is 0 Å². The Labute approximate surface area is 252 Å². The minimum Gasteiger partial charge on any atom is -0.872 e. The largest absolute Gasteiger partial charge is 2.00 e. The third-order valence-electron chi connectivity index (χ3n) is 7.27. The van der Waals surface area contributed by atoms with Crippen molar-refractivity contribution in [1.82, 2.24) is 0 Å². The molecular weight excluding hydrogens is 468 g/mol. The Morgan fingerprint density at radius 3 is 1.17 bits per heavy atom. The second-order valence-corrected chi connectivity index (χ2v) is 10.5. The van der Waals surface area contributed by atoms with E-state index < -0.39 is 0 Å². The first-order valence-electron chi connectivity index (χ1n) is 14.7. The van der Waals surface area contributed by atoms with Crippen LogP contribution in [0, 0.1) is 0 Å². The van der Waals surface area contributed by atoms with Gasteiger partial charge in [0.2, 0.25) is 0 Å². The van der Waals surface area contributed by atoms with Gasteiger partial charge in [0.1, 0.15) is 0 Å². The third kappa shape index (κ3) is 14.3. The van der Waals surface area contributed by atoms with E-state index >= 15 is 0 Å². The van der Waals surface area contributed by atoms with Gasteiger partial charge in [0.15, 0.2) is 0 Å². The molecular formula is C33H50CaO2. The van der Waals surface area contributed by atoms with Gasteiger partial charge >= 0.3 is 37.7 Å². The summed E-state index contributed by atoms with van der Waals surface area (Å²) < 4.78 is 0. The zero-order chi connectivity index (χ0) is 25.1. The summed E-state index contributed by atoms with van der Waals surface area (Å²) in [6.45, 7) is 4.52. The Kier molecular flexibility index (Phi) is 19.7. The van der Waals surface area contributed by atoms with Gasteiger partial charge < -0.3 is 10.2 Å². The van der Waals surface area contributed by atoms with Crippen molar-refractivity contribution in [3.05, 3.63) is 58.7 Å². The zero-order valence-electron chi connectivity index (χ0n) is 23.4. The van der Waals surface area contributed by atoms with Crippen molar-refractivity contribution in [2.24, 2.45) is 0 Å². The van der Waals surface area contributed by atoms with Gasteiger partial charge in [-0.05, 0) is 43.2 Å². The van der Waals surface area contributed by atoms with Crippen molar-refractivity contribution in [2.45, 2.75) is 136 Å². The second-order valence-electron chi connectivity index (χ2n) is 10.5. The van der Waals surface area contributed by atoms with Gasteiger partial charge in [-0.25, -0.2) is 0 Å². The average Bonchev–Trinajstić information content (AvgIpc) is 2.86. The summed E-state index contributed by atoms with van der Waals surface area (Å²) in [5.74, 6) is 0.107. The number of benzene rings is 2. The SMILES string of the molecule is CCCCCCCCCCc1ccc([O-])c(Cc2cc(CCCCCCCCCC)ccc2[O-])c1.[Ca+2]. The number of unbranched alkanes of at least 4 members (excludes halogenated alkanes) is 14. The van der Waals surface area contributed by atoms with Gasteiger partial charge in [-0.3, -0.25) is 0 Å². The molecule has 0 spiro atoms. The molecule has 196 valence electrons. The number of hydrogen-bond acceptors (Lipinski definition) is 2.